The standard InChI is InChI=1S/C27H41FN6O/c1-5-31-14-16-32(17-15-31)26-25(21(4)30-34(26)24-13-9-10-22(28)18-24)19-33(20(2)3)27(35)29-23-11-7-6-8-12-23/h9-10,13,18,20,23H,5-8,11-12,14-17,19H2,1-4H3,(H,29,35). The fourth-order valence-electron chi connectivity index (χ4n) is 5.28. The average Bonchev–Trinajstić information content (AvgIpc) is 3.18. The maximum absolute atomic E-state index is 14.2. The first-order chi connectivity index (χ1) is 16.9. The van der Waals surface area contributed by atoms with E-state index in [4.69, 9.17) is 5.10 Å². The number of anilines is 1. The van der Waals surface area contributed by atoms with Crippen molar-refractivity contribution in [3.8, 4) is 5.69 Å². The van der Waals surface area contributed by atoms with Gasteiger partial charge in [-0.15, -0.1) is 0 Å². The summed E-state index contributed by atoms with van der Waals surface area (Å²) >= 11 is 0. The lowest BCUT2D eigenvalue weighted by molar-refractivity contribution is 0.172. The van der Waals surface area contributed by atoms with Crippen LogP contribution in [0.3, 0.4) is 0 Å². The van der Waals surface area contributed by atoms with Crippen molar-refractivity contribution in [1.82, 2.24) is 24.9 Å². The van der Waals surface area contributed by atoms with E-state index in [-0.39, 0.29) is 23.9 Å². The SMILES string of the molecule is CCN1CCN(c2c(CN(C(=O)NC3CCCCC3)C(C)C)c(C)nn2-c2cccc(F)c2)CC1. The van der Waals surface area contributed by atoms with E-state index in [9.17, 15) is 9.18 Å². The van der Waals surface area contributed by atoms with Crippen LogP contribution in [-0.2, 0) is 6.54 Å². The number of aromatic nitrogens is 2. The zero-order chi connectivity index (χ0) is 24.9. The summed E-state index contributed by atoms with van der Waals surface area (Å²) in [6.45, 7) is 13.5. The number of nitrogens with one attached hydrogen (secondary N) is 1. The lowest BCUT2D eigenvalue weighted by Crippen LogP contribution is -2.49. The molecule has 0 atom stereocenters. The molecule has 2 heterocycles. The highest BCUT2D eigenvalue weighted by Crippen LogP contribution is 2.30. The van der Waals surface area contributed by atoms with E-state index in [1.54, 1.807) is 6.07 Å². The number of benzene rings is 1. The number of urea groups is 1. The van der Waals surface area contributed by atoms with Gasteiger partial charge in [0, 0.05) is 43.8 Å². The molecule has 2 amide bonds. The van der Waals surface area contributed by atoms with Gasteiger partial charge in [0.2, 0.25) is 0 Å². The quantitative estimate of drug-likeness (QED) is 0.618. The van der Waals surface area contributed by atoms with Crippen LogP contribution in [0.5, 0.6) is 0 Å². The second kappa shape index (κ2) is 11.4. The minimum absolute atomic E-state index is 0.00782. The largest absolute Gasteiger partial charge is 0.354 e. The molecule has 1 aromatic heterocycles. The third kappa shape index (κ3) is 5.97. The van der Waals surface area contributed by atoms with Crippen molar-refractivity contribution in [2.75, 3.05) is 37.6 Å². The molecule has 1 saturated carbocycles. The van der Waals surface area contributed by atoms with Gasteiger partial charge in [-0.3, -0.25) is 0 Å². The van der Waals surface area contributed by atoms with Crippen molar-refractivity contribution in [2.24, 2.45) is 0 Å². The van der Waals surface area contributed by atoms with Crippen LogP contribution < -0.4 is 10.2 Å². The third-order valence-corrected chi connectivity index (χ3v) is 7.47. The molecule has 0 spiro atoms. The zero-order valence-corrected chi connectivity index (χ0v) is 21.8. The van der Waals surface area contributed by atoms with Gasteiger partial charge in [0.25, 0.3) is 0 Å². The molecule has 1 N–H and O–H groups in total. The van der Waals surface area contributed by atoms with Crippen molar-refractivity contribution < 1.29 is 9.18 Å². The van der Waals surface area contributed by atoms with Crippen molar-refractivity contribution in [3.63, 3.8) is 0 Å². The summed E-state index contributed by atoms with van der Waals surface area (Å²) in [5, 5.41) is 8.15. The minimum atomic E-state index is -0.283. The second-order valence-corrected chi connectivity index (χ2v) is 10.2. The summed E-state index contributed by atoms with van der Waals surface area (Å²) in [5.41, 5.74) is 2.61. The molecule has 4 rings (SSSR count). The molecule has 1 aliphatic heterocycles. The minimum Gasteiger partial charge on any atom is -0.354 e. The fourth-order valence-corrected chi connectivity index (χ4v) is 5.28. The molecule has 0 unspecified atom stereocenters. The molecule has 2 aliphatic rings. The molecule has 192 valence electrons. The Morgan fingerprint density at radius 1 is 1.17 bits per heavy atom. The van der Waals surface area contributed by atoms with Gasteiger partial charge < -0.3 is 20.0 Å². The number of likely N-dealkylation sites (N-methyl/N-ethyl adjacent to an activating group) is 1. The molecule has 1 aliphatic carbocycles. The Hall–Kier alpha value is -2.61. The summed E-state index contributed by atoms with van der Waals surface area (Å²) in [6, 6.07) is 6.88. The molecule has 7 nitrogen and oxygen atoms in total. The smallest absolute Gasteiger partial charge is 0.318 e. The predicted octanol–water partition coefficient (Wildman–Crippen LogP) is 4.71. The van der Waals surface area contributed by atoms with Gasteiger partial charge in [-0.2, -0.15) is 5.10 Å². The van der Waals surface area contributed by atoms with Crippen LogP contribution >= 0.6 is 0 Å². The predicted molar refractivity (Wildman–Crippen MR) is 139 cm³/mol. The zero-order valence-electron chi connectivity index (χ0n) is 21.8. The lowest BCUT2D eigenvalue weighted by Gasteiger charge is -2.37. The van der Waals surface area contributed by atoms with Gasteiger partial charge in [0.1, 0.15) is 11.6 Å². The molecule has 2 aromatic rings. The Morgan fingerprint density at radius 3 is 2.51 bits per heavy atom. The van der Waals surface area contributed by atoms with Crippen LogP contribution in [-0.4, -0.2) is 70.4 Å². The van der Waals surface area contributed by atoms with E-state index in [0.29, 0.717) is 12.2 Å². The molecule has 1 aromatic carbocycles. The molecule has 0 radical (unpaired) electrons. The van der Waals surface area contributed by atoms with Crippen molar-refractivity contribution in [2.45, 2.75) is 78.4 Å². The van der Waals surface area contributed by atoms with Gasteiger partial charge in [-0.05, 0) is 58.4 Å². The monoisotopic (exact) mass is 484 g/mol. The fraction of sp³-hybridized carbons (Fsp3) is 0.630. The molecular formula is C27H41FN6O. The van der Waals surface area contributed by atoms with Crippen LogP contribution in [0.4, 0.5) is 15.0 Å². The normalized spacial score (nSPS) is 17.7. The number of carbonyl (C=O) groups excluding carboxylic acids is 1. The summed E-state index contributed by atoms with van der Waals surface area (Å²) in [6.07, 6.45) is 5.73. The first-order valence-corrected chi connectivity index (χ1v) is 13.3. The van der Waals surface area contributed by atoms with Gasteiger partial charge in [0.05, 0.1) is 17.9 Å². The third-order valence-electron chi connectivity index (χ3n) is 7.47. The average molecular weight is 485 g/mol. The van der Waals surface area contributed by atoms with Gasteiger partial charge in [-0.25, -0.2) is 13.9 Å². The van der Waals surface area contributed by atoms with Crippen molar-refractivity contribution in [3.05, 3.63) is 41.3 Å². The van der Waals surface area contributed by atoms with Crippen LogP contribution in [0.2, 0.25) is 0 Å². The lowest BCUT2D eigenvalue weighted by atomic mass is 9.96. The van der Waals surface area contributed by atoms with Crippen molar-refractivity contribution >= 4 is 11.8 Å². The van der Waals surface area contributed by atoms with E-state index in [1.165, 1.54) is 31.4 Å². The van der Waals surface area contributed by atoms with E-state index in [0.717, 1.165) is 62.6 Å². The number of rotatable bonds is 7. The highest BCUT2D eigenvalue weighted by molar-refractivity contribution is 5.75. The summed E-state index contributed by atoms with van der Waals surface area (Å²) < 4.78 is 16.0. The Bertz CT molecular complexity index is 992. The van der Waals surface area contributed by atoms with Gasteiger partial charge >= 0.3 is 6.03 Å². The van der Waals surface area contributed by atoms with Crippen LogP contribution in [0, 0.1) is 12.7 Å². The maximum Gasteiger partial charge on any atom is 0.318 e. The molecule has 8 heteroatoms. The highest BCUT2D eigenvalue weighted by Gasteiger charge is 2.29. The topological polar surface area (TPSA) is 56.6 Å². The summed E-state index contributed by atoms with van der Waals surface area (Å²) in [7, 11) is 0. The molecule has 35 heavy (non-hydrogen) atoms. The van der Waals surface area contributed by atoms with Crippen molar-refractivity contribution in [1.29, 1.82) is 0 Å². The number of amides is 2. The van der Waals surface area contributed by atoms with Crippen LogP contribution in [0.25, 0.3) is 5.69 Å². The second-order valence-electron chi connectivity index (χ2n) is 10.2. The number of nitrogens with zero attached hydrogens (tertiary/aromatic N) is 5. The number of carbonyl (C=O) groups is 1. The first-order valence-electron chi connectivity index (χ1n) is 13.3. The summed E-state index contributed by atoms with van der Waals surface area (Å²) in [5.74, 6) is 0.689. The summed E-state index contributed by atoms with van der Waals surface area (Å²) in [4.78, 5) is 20.1. The van der Waals surface area contributed by atoms with Gasteiger partial charge in [-0.1, -0.05) is 32.3 Å². The first kappa shape index (κ1) is 25.5. The highest BCUT2D eigenvalue weighted by atomic mass is 19.1. The number of hydrogen-bond donors (Lipinski definition) is 1. The molecule has 2 fully saturated rings. The van der Waals surface area contributed by atoms with E-state index in [2.05, 4.69) is 35.9 Å². The van der Waals surface area contributed by atoms with Gasteiger partial charge in [0.15, 0.2) is 0 Å². The Kier molecular flexibility index (Phi) is 8.31. The van der Waals surface area contributed by atoms with E-state index >= 15 is 0 Å². The van der Waals surface area contributed by atoms with E-state index < -0.39 is 0 Å². The Morgan fingerprint density at radius 2 is 1.89 bits per heavy atom. The van der Waals surface area contributed by atoms with E-state index in [1.807, 2.05) is 22.6 Å². The molecule has 1 saturated heterocycles. The molecular weight excluding hydrogens is 443 g/mol. The Balaban J connectivity index is 1.66. The Labute approximate surface area is 209 Å². The van der Waals surface area contributed by atoms with Crippen LogP contribution in [0.15, 0.2) is 24.3 Å². The number of halogens is 1. The maximum atomic E-state index is 14.2. The molecule has 0 bridgehead atoms. The number of piperazine rings is 1. The number of aryl methyl sites for hydroxylation is 1. The number of hydrogen-bond acceptors (Lipinski definition) is 4. The van der Waals surface area contributed by atoms with Crippen LogP contribution in [0.1, 0.15) is 64.1 Å².